The van der Waals surface area contributed by atoms with Gasteiger partial charge in [0.15, 0.2) is 5.82 Å². The highest BCUT2D eigenvalue weighted by atomic mass is 16.3. The van der Waals surface area contributed by atoms with E-state index in [2.05, 4.69) is 25.5 Å². The molecule has 0 aliphatic rings. The first-order valence-corrected chi connectivity index (χ1v) is 5.28. The van der Waals surface area contributed by atoms with Gasteiger partial charge in [0.2, 0.25) is 5.95 Å². The largest absolute Gasteiger partial charge is 0.396 e. The topological polar surface area (TPSA) is 113 Å². The number of pyridine rings is 1. The molecule has 0 radical (unpaired) electrons. The van der Waals surface area contributed by atoms with Crippen molar-refractivity contribution in [2.45, 2.75) is 6.42 Å². The fraction of sp³-hybridized carbons (Fsp3) is 0.300. The number of nitrogens with one attached hydrogen (secondary N) is 2. The van der Waals surface area contributed by atoms with Gasteiger partial charge in [0, 0.05) is 24.9 Å². The lowest BCUT2D eigenvalue weighted by Gasteiger charge is -2.04. The summed E-state index contributed by atoms with van der Waals surface area (Å²) >= 11 is 0. The molecule has 0 spiro atoms. The monoisotopic (exact) mass is 234 g/mol. The molecule has 0 aliphatic heterocycles. The summed E-state index contributed by atoms with van der Waals surface area (Å²) in [5, 5.41) is 18.3. The van der Waals surface area contributed by atoms with Crippen LogP contribution in [0.15, 0.2) is 18.3 Å². The Kier molecular flexibility index (Phi) is 3.51. The Morgan fingerprint density at radius 1 is 1.47 bits per heavy atom. The molecule has 0 fully saturated rings. The van der Waals surface area contributed by atoms with E-state index < -0.39 is 0 Å². The predicted molar refractivity (Wildman–Crippen MR) is 64.2 cm³/mol. The summed E-state index contributed by atoms with van der Waals surface area (Å²) in [6.45, 7) is 0.830. The number of nitrogens with zero attached hydrogens (tertiary/aromatic N) is 3. The summed E-state index contributed by atoms with van der Waals surface area (Å²) in [6.07, 6.45) is 2.36. The van der Waals surface area contributed by atoms with Gasteiger partial charge in [-0.15, -0.1) is 5.10 Å². The lowest BCUT2D eigenvalue weighted by Crippen LogP contribution is -2.04. The van der Waals surface area contributed by atoms with Crippen LogP contribution in [0.3, 0.4) is 0 Å². The summed E-state index contributed by atoms with van der Waals surface area (Å²) in [6, 6.07) is 3.66. The van der Waals surface area contributed by atoms with Crippen LogP contribution in [0.25, 0.3) is 11.4 Å². The van der Waals surface area contributed by atoms with Crippen molar-refractivity contribution in [3.05, 3.63) is 18.3 Å². The van der Waals surface area contributed by atoms with Crippen molar-refractivity contribution in [3.8, 4) is 11.4 Å². The summed E-state index contributed by atoms with van der Waals surface area (Å²) in [7, 11) is 0. The van der Waals surface area contributed by atoms with Crippen molar-refractivity contribution >= 4 is 11.8 Å². The second kappa shape index (κ2) is 5.26. The van der Waals surface area contributed by atoms with Crippen LogP contribution in [-0.4, -0.2) is 38.4 Å². The summed E-state index contributed by atoms with van der Waals surface area (Å²) in [5.41, 5.74) is 6.30. The Bertz CT molecular complexity index is 483. The highest BCUT2D eigenvalue weighted by Crippen LogP contribution is 2.17. The zero-order valence-corrected chi connectivity index (χ0v) is 9.22. The van der Waals surface area contributed by atoms with Crippen LogP contribution in [0.1, 0.15) is 6.42 Å². The van der Waals surface area contributed by atoms with Gasteiger partial charge in [-0.25, -0.2) is 4.98 Å². The smallest absolute Gasteiger partial charge is 0.239 e. The Labute approximate surface area is 98.1 Å². The Morgan fingerprint density at radius 2 is 2.35 bits per heavy atom. The van der Waals surface area contributed by atoms with Crippen molar-refractivity contribution < 1.29 is 5.11 Å². The molecule has 7 heteroatoms. The van der Waals surface area contributed by atoms with E-state index in [0.29, 0.717) is 18.8 Å². The molecule has 2 aromatic heterocycles. The number of H-pyrrole nitrogens is 1. The van der Waals surface area contributed by atoms with E-state index >= 15 is 0 Å². The van der Waals surface area contributed by atoms with Crippen LogP contribution in [0.4, 0.5) is 11.8 Å². The first-order valence-electron chi connectivity index (χ1n) is 5.28. The van der Waals surface area contributed by atoms with Crippen LogP contribution in [0.2, 0.25) is 0 Å². The molecule has 7 nitrogen and oxygen atoms in total. The van der Waals surface area contributed by atoms with Gasteiger partial charge >= 0.3 is 0 Å². The molecule has 0 aromatic carbocycles. The number of nitrogen functional groups attached to an aromatic ring is 1. The molecule has 90 valence electrons. The molecule has 2 heterocycles. The van der Waals surface area contributed by atoms with Crippen molar-refractivity contribution in [1.29, 1.82) is 0 Å². The Hall–Kier alpha value is -2.15. The molecule has 17 heavy (non-hydrogen) atoms. The molecule has 2 rings (SSSR count). The first-order chi connectivity index (χ1) is 8.29. The number of aliphatic hydroxyl groups is 1. The normalized spacial score (nSPS) is 10.4. The number of aromatic amines is 1. The zero-order chi connectivity index (χ0) is 12.1. The molecule has 5 N–H and O–H groups in total. The van der Waals surface area contributed by atoms with Crippen LogP contribution < -0.4 is 11.1 Å². The van der Waals surface area contributed by atoms with E-state index in [4.69, 9.17) is 10.8 Å². The zero-order valence-electron chi connectivity index (χ0n) is 9.22. The second-order valence-corrected chi connectivity index (χ2v) is 3.48. The van der Waals surface area contributed by atoms with Crippen molar-refractivity contribution in [1.82, 2.24) is 20.2 Å². The van der Waals surface area contributed by atoms with E-state index in [1.807, 2.05) is 12.1 Å². The van der Waals surface area contributed by atoms with E-state index in [1.165, 1.54) is 0 Å². The molecule has 0 aliphatic carbocycles. The number of nitrogens with two attached hydrogens (primary N) is 1. The van der Waals surface area contributed by atoms with Crippen LogP contribution >= 0.6 is 0 Å². The van der Waals surface area contributed by atoms with Gasteiger partial charge in [0.05, 0.1) is 0 Å². The lowest BCUT2D eigenvalue weighted by atomic mass is 10.2. The number of hydrogen-bond acceptors (Lipinski definition) is 6. The second-order valence-electron chi connectivity index (χ2n) is 3.48. The molecular weight excluding hydrogens is 220 g/mol. The van der Waals surface area contributed by atoms with E-state index in [9.17, 15) is 0 Å². The first kappa shape index (κ1) is 11.3. The van der Waals surface area contributed by atoms with E-state index in [1.54, 1.807) is 6.20 Å². The number of aromatic nitrogens is 4. The van der Waals surface area contributed by atoms with Crippen LogP contribution in [0, 0.1) is 0 Å². The van der Waals surface area contributed by atoms with Gasteiger partial charge in [-0.3, -0.25) is 5.10 Å². The van der Waals surface area contributed by atoms with E-state index in [0.717, 1.165) is 11.4 Å². The summed E-state index contributed by atoms with van der Waals surface area (Å²) in [4.78, 5) is 8.19. The minimum Gasteiger partial charge on any atom is -0.396 e. The van der Waals surface area contributed by atoms with Gasteiger partial charge in [-0.2, -0.15) is 4.98 Å². The maximum Gasteiger partial charge on any atom is 0.239 e. The van der Waals surface area contributed by atoms with Gasteiger partial charge in [-0.05, 0) is 18.6 Å². The number of rotatable bonds is 5. The number of aliphatic hydroxyl groups excluding tert-OH is 1. The Morgan fingerprint density at radius 3 is 3.06 bits per heavy atom. The Balaban J connectivity index is 2.11. The predicted octanol–water partition coefficient (Wildman–Crippen LogP) is 0.243. The third-order valence-electron chi connectivity index (χ3n) is 2.18. The maximum absolute atomic E-state index is 8.68. The van der Waals surface area contributed by atoms with Crippen LogP contribution in [0.5, 0.6) is 0 Å². The maximum atomic E-state index is 8.68. The minimum absolute atomic E-state index is 0.158. The molecule has 0 saturated carbocycles. The molecule has 0 atom stereocenters. The fourth-order valence-corrected chi connectivity index (χ4v) is 1.37. The fourth-order valence-electron chi connectivity index (χ4n) is 1.37. The average Bonchev–Trinajstić information content (AvgIpc) is 2.77. The molecule has 2 aromatic rings. The highest BCUT2D eigenvalue weighted by Gasteiger charge is 2.04. The third-order valence-corrected chi connectivity index (χ3v) is 2.18. The third kappa shape index (κ3) is 2.91. The molecule has 0 bridgehead atoms. The quantitative estimate of drug-likeness (QED) is 0.551. The average molecular weight is 234 g/mol. The van der Waals surface area contributed by atoms with Gasteiger partial charge in [0.25, 0.3) is 0 Å². The SMILES string of the molecule is Nc1n[nH]c(-c2ccnc(NCCCO)c2)n1. The van der Waals surface area contributed by atoms with Crippen molar-refractivity contribution in [2.75, 3.05) is 24.2 Å². The molecular formula is C10H14N6O. The van der Waals surface area contributed by atoms with E-state index in [-0.39, 0.29) is 12.6 Å². The minimum atomic E-state index is 0.158. The summed E-state index contributed by atoms with van der Waals surface area (Å²) in [5.74, 6) is 1.55. The molecule has 0 saturated heterocycles. The summed E-state index contributed by atoms with van der Waals surface area (Å²) < 4.78 is 0. The lowest BCUT2D eigenvalue weighted by molar-refractivity contribution is 0.292. The van der Waals surface area contributed by atoms with Gasteiger partial charge < -0.3 is 16.2 Å². The number of hydrogen-bond donors (Lipinski definition) is 4. The number of anilines is 2. The highest BCUT2D eigenvalue weighted by molar-refractivity contribution is 5.59. The standard InChI is InChI=1S/C10H14N6O/c11-10-14-9(15-16-10)7-2-4-13-8(6-7)12-3-1-5-17/h2,4,6,17H,1,3,5H2,(H,12,13)(H3,11,14,15,16). The molecule has 0 amide bonds. The van der Waals surface area contributed by atoms with Crippen molar-refractivity contribution in [2.24, 2.45) is 0 Å². The van der Waals surface area contributed by atoms with Crippen molar-refractivity contribution in [3.63, 3.8) is 0 Å². The van der Waals surface area contributed by atoms with Crippen LogP contribution in [-0.2, 0) is 0 Å². The van der Waals surface area contributed by atoms with Gasteiger partial charge in [0.1, 0.15) is 5.82 Å². The van der Waals surface area contributed by atoms with Gasteiger partial charge in [-0.1, -0.05) is 0 Å². The molecule has 0 unspecified atom stereocenters.